The Labute approximate surface area is 136 Å². The normalized spacial score (nSPS) is 11.0. The second-order valence-corrected chi connectivity index (χ2v) is 5.24. The van der Waals surface area contributed by atoms with Crippen molar-refractivity contribution in [2.75, 3.05) is 13.6 Å². The third kappa shape index (κ3) is 2.43. The summed E-state index contributed by atoms with van der Waals surface area (Å²) >= 11 is 0. The molecule has 9 heteroatoms. The van der Waals surface area contributed by atoms with Gasteiger partial charge in [0.05, 0.1) is 6.20 Å². The zero-order chi connectivity index (χ0) is 17.4. The molecule has 0 aliphatic carbocycles. The predicted molar refractivity (Wildman–Crippen MR) is 85.1 cm³/mol. The van der Waals surface area contributed by atoms with E-state index in [1.54, 1.807) is 20.0 Å². The number of nitrogens with zero attached hydrogens (tertiary/aromatic N) is 6. The van der Waals surface area contributed by atoms with E-state index < -0.39 is 17.7 Å². The van der Waals surface area contributed by atoms with Gasteiger partial charge in [-0.2, -0.15) is 4.39 Å². The van der Waals surface area contributed by atoms with Gasteiger partial charge in [-0.1, -0.05) is 0 Å². The quantitative estimate of drug-likeness (QED) is 0.660. The average Bonchev–Trinajstić information content (AvgIpc) is 2.84. The number of hydrogen-bond donors (Lipinski definition) is 0. The molecular weight excluding hydrogens is 315 g/mol. The minimum Gasteiger partial charge on any atom is -0.327 e. The molecule has 0 fully saturated rings. The van der Waals surface area contributed by atoms with Crippen molar-refractivity contribution in [3.8, 4) is 11.4 Å². The fourth-order valence-electron chi connectivity index (χ4n) is 2.29. The summed E-state index contributed by atoms with van der Waals surface area (Å²) < 4.78 is 15.6. The van der Waals surface area contributed by atoms with Gasteiger partial charge in [0, 0.05) is 38.5 Å². The van der Waals surface area contributed by atoms with Crippen LogP contribution in [0, 0.1) is 5.95 Å². The molecule has 0 aromatic carbocycles. The lowest BCUT2D eigenvalue weighted by molar-refractivity contribution is 0.212. The molecule has 0 saturated heterocycles. The first-order valence-corrected chi connectivity index (χ1v) is 7.26. The number of amides is 1. The van der Waals surface area contributed by atoms with Gasteiger partial charge in [0.2, 0.25) is 5.95 Å². The lowest BCUT2D eigenvalue weighted by Crippen LogP contribution is -2.37. The number of aryl methyl sites for hydroxylation is 1. The van der Waals surface area contributed by atoms with Crippen molar-refractivity contribution < 1.29 is 9.18 Å². The second kappa shape index (κ2) is 5.84. The first-order valence-electron chi connectivity index (χ1n) is 7.26. The van der Waals surface area contributed by atoms with Gasteiger partial charge < -0.3 is 4.90 Å². The number of pyridine rings is 1. The summed E-state index contributed by atoms with van der Waals surface area (Å²) in [6, 6.07) is 2.31. The minimum absolute atomic E-state index is 0.243. The highest BCUT2D eigenvalue weighted by Crippen LogP contribution is 2.18. The van der Waals surface area contributed by atoms with Crippen LogP contribution in [0.25, 0.3) is 22.6 Å². The highest BCUT2D eigenvalue weighted by atomic mass is 19.1. The smallest absolute Gasteiger partial charge is 0.327 e. The van der Waals surface area contributed by atoms with E-state index in [0.29, 0.717) is 23.3 Å². The molecule has 3 rings (SSSR count). The van der Waals surface area contributed by atoms with Gasteiger partial charge in [-0.25, -0.2) is 29.1 Å². The minimum atomic E-state index is -0.651. The Hall–Kier alpha value is -3.10. The van der Waals surface area contributed by atoms with Crippen LogP contribution in [-0.2, 0) is 7.05 Å². The van der Waals surface area contributed by atoms with Gasteiger partial charge in [-0.15, -0.1) is 0 Å². The summed E-state index contributed by atoms with van der Waals surface area (Å²) in [5.41, 5.74) is 0.510. The largest absolute Gasteiger partial charge is 0.338 e. The molecule has 0 unspecified atom stereocenters. The van der Waals surface area contributed by atoms with Crippen molar-refractivity contribution in [1.29, 1.82) is 0 Å². The molecule has 0 atom stereocenters. The number of imidazole rings is 1. The maximum absolute atomic E-state index is 13.3. The van der Waals surface area contributed by atoms with E-state index in [2.05, 4.69) is 15.0 Å². The predicted octanol–water partition coefficient (Wildman–Crippen LogP) is 1.25. The number of carbonyl (C=O) groups excluding carboxylic acids is 1. The van der Waals surface area contributed by atoms with Crippen molar-refractivity contribution in [2.45, 2.75) is 6.92 Å². The third-order valence-electron chi connectivity index (χ3n) is 3.76. The van der Waals surface area contributed by atoms with Crippen LogP contribution in [0.1, 0.15) is 6.92 Å². The Morgan fingerprint density at radius 1 is 1.38 bits per heavy atom. The molecule has 24 heavy (non-hydrogen) atoms. The van der Waals surface area contributed by atoms with Crippen LogP contribution in [0.4, 0.5) is 9.18 Å². The average molecular weight is 330 g/mol. The van der Waals surface area contributed by atoms with Crippen molar-refractivity contribution in [2.24, 2.45) is 7.05 Å². The Morgan fingerprint density at radius 3 is 2.79 bits per heavy atom. The SMILES string of the molecule is CCN(C)C(=O)n1c(=O)n(C)c2nc(-c3ccnc(F)c3)ncc21. The fraction of sp³-hybridized carbons (Fsp3) is 0.267. The van der Waals surface area contributed by atoms with Crippen molar-refractivity contribution in [3.05, 3.63) is 41.0 Å². The molecule has 0 aliphatic rings. The molecule has 8 nitrogen and oxygen atoms in total. The first-order chi connectivity index (χ1) is 11.4. The summed E-state index contributed by atoms with van der Waals surface area (Å²) in [6.45, 7) is 2.26. The molecule has 0 N–H and O–H groups in total. The van der Waals surface area contributed by atoms with E-state index in [-0.39, 0.29) is 5.82 Å². The molecule has 124 valence electrons. The Kier molecular flexibility index (Phi) is 3.84. The van der Waals surface area contributed by atoms with Crippen LogP contribution >= 0.6 is 0 Å². The van der Waals surface area contributed by atoms with Gasteiger partial charge in [0.25, 0.3) is 0 Å². The summed E-state index contributed by atoms with van der Waals surface area (Å²) in [5.74, 6) is -0.407. The van der Waals surface area contributed by atoms with Gasteiger partial charge in [0.1, 0.15) is 5.52 Å². The van der Waals surface area contributed by atoms with E-state index in [4.69, 9.17) is 0 Å². The molecule has 0 spiro atoms. The number of rotatable bonds is 2. The van der Waals surface area contributed by atoms with Crippen LogP contribution in [-0.4, -0.2) is 48.6 Å². The molecule has 0 aliphatic heterocycles. The first kappa shape index (κ1) is 15.8. The van der Waals surface area contributed by atoms with E-state index >= 15 is 0 Å². The van der Waals surface area contributed by atoms with Crippen molar-refractivity contribution in [3.63, 3.8) is 0 Å². The van der Waals surface area contributed by atoms with Crippen LogP contribution in [0.5, 0.6) is 0 Å². The monoisotopic (exact) mass is 330 g/mol. The molecule has 3 heterocycles. The van der Waals surface area contributed by atoms with Crippen molar-refractivity contribution in [1.82, 2.24) is 29.0 Å². The highest BCUT2D eigenvalue weighted by Gasteiger charge is 2.21. The van der Waals surface area contributed by atoms with E-state index in [9.17, 15) is 14.0 Å². The summed E-state index contributed by atoms with van der Waals surface area (Å²) in [7, 11) is 3.12. The number of fused-ring (bicyclic) bond motifs is 1. The molecule has 3 aromatic rings. The number of hydrogen-bond acceptors (Lipinski definition) is 5. The van der Waals surface area contributed by atoms with E-state index in [1.165, 1.54) is 35.0 Å². The number of aromatic nitrogens is 5. The third-order valence-corrected chi connectivity index (χ3v) is 3.76. The summed E-state index contributed by atoms with van der Waals surface area (Å²) in [4.78, 5) is 38.1. The number of halogens is 1. The molecule has 0 saturated carbocycles. The zero-order valence-electron chi connectivity index (χ0n) is 13.4. The molecule has 0 bridgehead atoms. The van der Waals surface area contributed by atoms with Gasteiger partial charge in [0.15, 0.2) is 11.5 Å². The fourth-order valence-corrected chi connectivity index (χ4v) is 2.29. The summed E-state index contributed by atoms with van der Waals surface area (Å²) in [6.07, 6.45) is 2.70. The van der Waals surface area contributed by atoms with E-state index in [0.717, 1.165) is 4.57 Å². The number of carbonyl (C=O) groups is 1. The second-order valence-electron chi connectivity index (χ2n) is 5.24. The lowest BCUT2D eigenvalue weighted by atomic mass is 10.2. The Bertz CT molecular complexity index is 993. The van der Waals surface area contributed by atoms with Gasteiger partial charge in [-0.3, -0.25) is 4.57 Å². The van der Waals surface area contributed by atoms with Crippen LogP contribution in [0.3, 0.4) is 0 Å². The molecular formula is C15H15FN6O2. The molecule has 3 aromatic heterocycles. The summed E-state index contributed by atoms with van der Waals surface area (Å²) in [5, 5.41) is 0. The van der Waals surface area contributed by atoms with Crippen LogP contribution in [0.2, 0.25) is 0 Å². The standard InChI is InChI=1S/C15H15FN6O2/c1-4-20(2)14(23)22-10-8-18-12(9-5-6-17-11(16)7-9)19-13(10)21(3)15(22)24/h5-8H,4H2,1-3H3. The van der Waals surface area contributed by atoms with Crippen LogP contribution in [0.15, 0.2) is 29.3 Å². The maximum Gasteiger partial charge on any atom is 0.338 e. The zero-order valence-corrected chi connectivity index (χ0v) is 13.4. The van der Waals surface area contributed by atoms with Crippen LogP contribution < -0.4 is 5.69 Å². The highest BCUT2D eigenvalue weighted by molar-refractivity contribution is 5.88. The Morgan fingerprint density at radius 2 is 2.12 bits per heavy atom. The van der Waals surface area contributed by atoms with E-state index in [1.807, 2.05) is 0 Å². The van der Waals surface area contributed by atoms with Gasteiger partial charge >= 0.3 is 11.7 Å². The molecule has 1 amide bonds. The topological polar surface area (TPSA) is 85.9 Å². The lowest BCUT2D eigenvalue weighted by Gasteiger charge is -2.14. The van der Waals surface area contributed by atoms with Gasteiger partial charge in [-0.05, 0) is 13.0 Å². The van der Waals surface area contributed by atoms with Crippen molar-refractivity contribution >= 4 is 17.2 Å². The molecule has 0 radical (unpaired) electrons. The Balaban J connectivity index is 2.21. The maximum atomic E-state index is 13.3.